The summed E-state index contributed by atoms with van der Waals surface area (Å²) in [6.45, 7) is 4.32. The number of fused-ring (bicyclic) bond motifs is 1. The number of H-pyrrole nitrogens is 1. The minimum absolute atomic E-state index is 0.000311. The Labute approximate surface area is 146 Å². The maximum atomic E-state index is 12.3. The van der Waals surface area contributed by atoms with Gasteiger partial charge in [0.05, 0.1) is 0 Å². The number of phenolic OH excluding ortho intramolecular Hbond substituents is 1. The van der Waals surface area contributed by atoms with Crippen LogP contribution in [0.3, 0.4) is 0 Å². The number of aromatic nitrogens is 1. The summed E-state index contributed by atoms with van der Waals surface area (Å²) >= 11 is 0. The lowest BCUT2D eigenvalue weighted by molar-refractivity contribution is 0.249. The summed E-state index contributed by atoms with van der Waals surface area (Å²) in [4.78, 5) is 19.9. The van der Waals surface area contributed by atoms with Gasteiger partial charge in [0.1, 0.15) is 5.75 Å². The number of piperazine rings is 1. The summed E-state index contributed by atoms with van der Waals surface area (Å²) < 4.78 is 0. The zero-order valence-electron chi connectivity index (χ0n) is 14.0. The summed E-state index contributed by atoms with van der Waals surface area (Å²) in [6, 6.07) is 17.2. The number of phenols is 1. The normalized spacial score (nSPS) is 15.6. The molecule has 5 heteroatoms. The largest absolute Gasteiger partial charge is 0.508 e. The summed E-state index contributed by atoms with van der Waals surface area (Å²) in [5.41, 5.74) is 2.82. The van der Waals surface area contributed by atoms with Gasteiger partial charge in [-0.05, 0) is 41.8 Å². The van der Waals surface area contributed by atoms with Crippen LogP contribution in [0.1, 0.15) is 5.56 Å². The lowest BCUT2D eigenvalue weighted by Crippen LogP contribution is -2.46. The van der Waals surface area contributed by atoms with Gasteiger partial charge >= 0.3 is 0 Å². The van der Waals surface area contributed by atoms with Gasteiger partial charge in [0.25, 0.3) is 5.56 Å². The molecular formula is C20H21N3O2. The number of nitrogens with one attached hydrogen (secondary N) is 1. The van der Waals surface area contributed by atoms with Crippen molar-refractivity contribution in [2.75, 3.05) is 31.1 Å². The van der Waals surface area contributed by atoms with Crippen LogP contribution in [0.5, 0.6) is 5.75 Å². The Hall–Kier alpha value is -2.79. The predicted molar refractivity (Wildman–Crippen MR) is 100 cm³/mol. The van der Waals surface area contributed by atoms with Crippen molar-refractivity contribution >= 4 is 16.6 Å². The number of nitrogens with zero attached hydrogens (tertiary/aromatic N) is 2. The molecule has 0 aliphatic carbocycles. The molecule has 0 saturated carbocycles. The van der Waals surface area contributed by atoms with Crippen molar-refractivity contribution in [1.82, 2.24) is 9.88 Å². The first-order valence-corrected chi connectivity index (χ1v) is 8.56. The maximum Gasteiger partial charge on any atom is 0.252 e. The highest BCUT2D eigenvalue weighted by atomic mass is 16.3. The van der Waals surface area contributed by atoms with Crippen molar-refractivity contribution < 1.29 is 5.11 Å². The van der Waals surface area contributed by atoms with Crippen LogP contribution >= 0.6 is 0 Å². The number of benzene rings is 2. The molecule has 0 bridgehead atoms. The van der Waals surface area contributed by atoms with Crippen LogP contribution in [0.15, 0.2) is 59.4 Å². The quantitative estimate of drug-likeness (QED) is 0.772. The van der Waals surface area contributed by atoms with E-state index in [0.29, 0.717) is 6.54 Å². The molecule has 25 heavy (non-hydrogen) atoms. The molecule has 2 heterocycles. The molecule has 2 N–H and O–H groups in total. The van der Waals surface area contributed by atoms with E-state index in [2.05, 4.69) is 14.8 Å². The Morgan fingerprint density at radius 1 is 0.960 bits per heavy atom. The van der Waals surface area contributed by atoms with Gasteiger partial charge in [0.15, 0.2) is 0 Å². The Balaban J connectivity index is 1.44. The molecule has 1 aliphatic rings. The number of pyridine rings is 1. The molecule has 0 amide bonds. The van der Waals surface area contributed by atoms with E-state index in [1.807, 2.05) is 42.5 Å². The van der Waals surface area contributed by atoms with Gasteiger partial charge in [-0.3, -0.25) is 9.69 Å². The van der Waals surface area contributed by atoms with E-state index in [0.717, 1.165) is 48.3 Å². The molecule has 0 atom stereocenters. The number of aromatic hydroxyl groups is 1. The second-order valence-corrected chi connectivity index (χ2v) is 6.49. The number of para-hydroxylation sites is 1. The number of rotatable bonds is 3. The third-order valence-electron chi connectivity index (χ3n) is 4.81. The minimum atomic E-state index is -0.000311. The minimum Gasteiger partial charge on any atom is -0.508 e. The molecule has 0 radical (unpaired) electrons. The molecule has 4 rings (SSSR count). The lowest BCUT2D eigenvalue weighted by atomic mass is 10.1. The predicted octanol–water partition coefficient (Wildman–Crippen LogP) is 2.56. The smallest absolute Gasteiger partial charge is 0.252 e. The average molecular weight is 335 g/mol. The first-order chi connectivity index (χ1) is 12.2. The fourth-order valence-electron chi connectivity index (χ4n) is 3.38. The van der Waals surface area contributed by atoms with E-state index in [4.69, 9.17) is 0 Å². The van der Waals surface area contributed by atoms with Crippen molar-refractivity contribution in [2.45, 2.75) is 6.54 Å². The van der Waals surface area contributed by atoms with E-state index >= 15 is 0 Å². The van der Waals surface area contributed by atoms with Crippen LogP contribution in [0.25, 0.3) is 10.9 Å². The van der Waals surface area contributed by atoms with Crippen LogP contribution in [0, 0.1) is 0 Å². The average Bonchev–Trinajstić information content (AvgIpc) is 2.64. The highest BCUT2D eigenvalue weighted by Crippen LogP contribution is 2.20. The fraction of sp³-hybridized carbons (Fsp3) is 0.250. The van der Waals surface area contributed by atoms with Crippen LogP contribution in [-0.4, -0.2) is 41.2 Å². The van der Waals surface area contributed by atoms with Crippen LogP contribution in [-0.2, 0) is 6.54 Å². The van der Waals surface area contributed by atoms with Gasteiger partial charge in [0.2, 0.25) is 0 Å². The zero-order chi connectivity index (χ0) is 17.2. The fourth-order valence-corrected chi connectivity index (χ4v) is 3.38. The lowest BCUT2D eigenvalue weighted by Gasteiger charge is -2.36. The molecule has 128 valence electrons. The number of aromatic amines is 1. The van der Waals surface area contributed by atoms with Gasteiger partial charge in [-0.2, -0.15) is 0 Å². The van der Waals surface area contributed by atoms with Crippen molar-refractivity contribution in [1.29, 1.82) is 0 Å². The van der Waals surface area contributed by atoms with Crippen LogP contribution < -0.4 is 10.5 Å². The summed E-state index contributed by atoms with van der Waals surface area (Å²) in [7, 11) is 0. The standard InChI is InChI=1S/C20H21N3O2/c24-18-7-5-17(6-8-18)23-11-9-22(10-12-23)14-16-13-15-3-1-2-4-19(15)21-20(16)25/h1-8,13,24H,9-12,14H2,(H,21,25). The van der Waals surface area contributed by atoms with E-state index in [-0.39, 0.29) is 11.3 Å². The molecule has 1 aromatic heterocycles. The van der Waals surface area contributed by atoms with Crippen molar-refractivity contribution in [2.24, 2.45) is 0 Å². The summed E-state index contributed by atoms with van der Waals surface area (Å²) in [5, 5.41) is 10.5. The van der Waals surface area contributed by atoms with E-state index < -0.39 is 0 Å². The highest BCUT2D eigenvalue weighted by Gasteiger charge is 2.18. The Kier molecular flexibility index (Phi) is 4.15. The van der Waals surface area contributed by atoms with E-state index in [9.17, 15) is 9.90 Å². The topological polar surface area (TPSA) is 59.6 Å². The second kappa shape index (κ2) is 6.61. The molecular weight excluding hydrogens is 314 g/mol. The molecule has 1 aliphatic heterocycles. The molecule has 0 unspecified atom stereocenters. The first kappa shape index (κ1) is 15.7. The second-order valence-electron chi connectivity index (χ2n) is 6.49. The summed E-state index contributed by atoms with van der Waals surface area (Å²) in [6.07, 6.45) is 0. The first-order valence-electron chi connectivity index (χ1n) is 8.56. The third-order valence-corrected chi connectivity index (χ3v) is 4.81. The van der Waals surface area contributed by atoms with E-state index in [1.165, 1.54) is 0 Å². The maximum absolute atomic E-state index is 12.3. The Bertz CT molecular complexity index is 926. The zero-order valence-corrected chi connectivity index (χ0v) is 14.0. The molecule has 1 saturated heterocycles. The molecule has 5 nitrogen and oxygen atoms in total. The monoisotopic (exact) mass is 335 g/mol. The number of hydrogen-bond acceptors (Lipinski definition) is 4. The van der Waals surface area contributed by atoms with Gasteiger partial charge < -0.3 is 15.0 Å². The molecule has 3 aromatic rings. The summed E-state index contributed by atoms with van der Waals surface area (Å²) in [5.74, 6) is 0.290. The van der Waals surface area contributed by atoms with Crippen LogP contribution in [0.2, 0.25) is 0 Å². The van der Waals surface area contributed by atoms with Crippen molar-refractivity contribution in [3.05, 3.63) is 70.5 Å². The van der Waals surface area contributed by atoms with Gasteiger partial charge in [-0.1, -0.05) is 18.2 Å². The molecule has 2 aromatic carbocycles. The Morgan fingerprint density at radius 3 is 2.44 bits per heavy atom. The van der Waals surface area contributed by atoms with Gasteiger partial charge in [0, 0.05) is 49.5 Å². The van der Waals surface area contributed by atoms with Crippen LogP contribution in [0.4, 0.5) is 5.69 Å². The van der Waals surface area contributed by atoms with Crippen molar-refractivity contribution in [3.8, 4) is 5.75 Å². The Morgan fingerprint density at radius 2 is 1.68 bits per heavy atom. The van der Waals surface area contributed by atoms with Gasteiger partial charge in [-0.25, -0.2) is 0 Å². The highest BCUT2D eigenvalue weighted by molar-refractivity contribution is 5.78. The molecule has 0 spiro atoms. The van der Waals surface area contributed by atoms with E-state index in [1.54, 1.807) is 12.1 Å². The third kappa shape index (κ3) is 3.37. The molecule has 1 fully saturated rings. The number of anilines is 1. The number of hydrogen-bond donors (Lipinski definition) is 2. The van der Waals surface area contributed by atoms with Gasteiger partial charge in [-0.15, -0.1) is 0 Å². The van der Waals surface area contributed by atoms with Crippen molar-refractivity contribution in [3.63, 3.8) is 0 Å². The SMILES string of the molecule is O=c1[nH]c2ccccc2cc1CN1CCN(c2ccc(O)cc2)CC1.